The third-order valence-corrected chi connectivity index (χ3v) is 7.58. The first-order valence-corrected chi connectivity index (χ1v) is 13.3. The van der Waals surface area contributed by atoms with Crippen molar-refractivity contribution < 1.29 is 23.8 Å². The number of rotatable bonds is 7. The van der Waals surface area contributed by atoms with Gasteiger partial charge in [0.15, 0.2) is 17.3 Å². The van der Waals surface area contributed by atoms with E-state index in [0.29, 0.717) is 35.7 Å². The number of hydrogen-bond donors (Lipinski definition) is 1. The van der Waals surface area contributed by atoms with Crippen LogP contribution in [0, 0.1) is 0 Å². The van der Waals surface area contributed by atoms with Crippen molar-refractivity contribution in [1.29, 1.82) is 0 Å². The predicted molar refractivity (Wildman–Crippen MR) is 141 cm³/mol. The van der Waals surface area contributed by atoms with Crippen molar-refractivity contribution in [3.63, 3.8) is 0 Å². The quantitative estimate of drug-likeness (QED) is 0.461. The third kappa shape index (κ3) is 5.43. The van der Waals surface area contributed by atoms with Crippen molar-refractivity contribution in [1.82, 2.24) is 5.32 Å². The fraction of sp³-hybridized carbons (Fsp3) is 0.419. The lowest BCUT2D eigenvalue weighted by atomic mass is 9.75. The molecule has 2 aromatic rings. The number of allylic oxidation sites excluding steroid dienone is 3. The van der Waals surface area contributed by atoms with E-state index in [0.717, 1.165) is 61.0 Å². The van der Waals surface area contributed by atoms with E-state index in [1.54, 1.807) is 7.11 Å². The standard InChI is InChI=1S/C31H35NO5/c1-20-28(31(34)37-23-12-7-4-8-13-23)29(30-24(32-20)14-9-15-25(30)33)22-16-17-26(27(18-22)35-2)36-19-21-10-5-3-6-11-21/h3,5-6,10-11,16-18,23,29,32H,4,7-9,12-15,19H2,1-2H3/t29-/m1/s1. The Morgan fingerprint density at radius 2 is 1.76 bits per heavy atom. The number of hydrogen-bond acceptors (Lipinski definition) is 6. The van der Waals surface area contributed by atoms with Crippen LogP contribution in [-0.4, -0.2) is 25.0 Å². The largest absolute Gasteiger partial charge is 0.493 e. The van der Waals surface area contributed by atoms with Crippen LogP contribution in [-0.2, 0) is 20.9 Å². The molecule has 2 aromatic carbocycles. The zero-order valence-electron chi connectivity index (χ0n) is 21.7. The number of nitrogens with one attached hydrogen (secondary N) is 1. The summed E-state index contributed by atoms with van der Waals surface area (Å²) in [6.07, 6.45) is 7.13. The number of Topliss-reactive ketones (excluding diaryl/α,β-unsaturated/α-hetero) is 1. The number of carbonyl (C=O) groups excluding carboxylic acids is 2. The van der Waals surface area contributed by atoms with Crippen molar-refractivity contribution in [2.45, 2.75) is 76.9 Å². The Labute approximate surface area is 218 Å². The van der Waals surface area contributed by atoms with Gasteiger partial charge in [0.1, 0.15) is 12.7 Å². The molecular formula is C31H35NO5. The van der Waals surface area contributed by atoms with Gasteiger partial charge in [-0.15, -0.1) is 0 Å². The second-order valence-electron chi connectivity index (χ2n) is 10.1. The number of ketones is 1. The average Bonchev–Trinajstić information content (AvgIpc) is 2.92. The number of dihydropyridines is 1. The molecule has 3 aliphatic rings. The maximum absolute atomic E-state index is 13.6. The fourth-order valence-corrected chi connectivity index (χ4v) is 5.70. The highest BCUT2D eigenvalue weighted by Gasteiger charge is 2.40. The van der Waals surface area contributed by atoms with Crippen LogP contribution in [0.5, 0.6) is 11.5 Å². The summed E-state index contributed by atoms with van der Waals surface area (Å²) >= 11 is 0. The molecule has 6 heteroatoms. The molecule has 1 atom stereocenters. The molecule has 1 N–H and O–H groups in total. The molecule has 0 saturated heterocycles. The van der Waals surface area contributed by atoms with E-state index in [4.69, 9.17) is 14.2 Å². The predicted octanol–water partition coefficient (Wildman–Crippen LogP) is 6.12. The molecule has 37 heavy (non-hydrogen) atoms. The lowest BCUT2D eigenvalue weighted by molar-refractivity contribution is -0.146. The Morgan fingerprint density at radius 1 is 0.973 bits per heavy atom. The van der Waals surface area contributed by atoms with Gasteiger partial charge in [0.25, 0.3) is 0 Å². The van der Waals surface area contributed by atoms with Gasteiger partial charge in [0.2, 0.25) is 0 Å². The van der Waals surface area contributed by atoms with Crippen molar-refractivity contribution in [2.24, 2.45) is 0 Å². The lowest BCUT2D eigenvalue weighted by Gasteiger charge is -2.35. The SMILES string of the molecule is COc1cc([C@@H]2C(C(=O)OC3CCCCC3)=C(C)NC3=C2C(=O)CCC3)ccc1OCc1ccccc1. The van der Waals surface area contributed by atoms with Crippen molar-refractivity contribution >= 4 is 11.8 Å². The second kappa shape index (κ2) is 11.2. The first-order valence-electron chi connectivity index (χ1n) is 13.3. The maximum atomic E-state index is 13.6. The molecule has 1 heterocycles. The van der Waals surface area contributed by atoms with Gasteiger partial charge in [-0.1, -0.05) is 42.8 Å². The average molecular weight is 502 g/mol. The summed E-state index contributed by atoms with van der Waals surface area (Å²) in [5, 5.41) is 3.38. The normalized spacial score (nSPS) is 20.3. The molecule has 0 unspecified atom stereocenters. The zero-order valence-corrected chi connectivity index (χ0v) is 21.7. The van der Waals surface area contributed by atoms with Gasteiger partial charge in [0, 0.05) is 29.3 Å². The van der Waals surface area contributed by atoms with E-state index in [1.807, 2.05) is 55.5 Å². The summed E-state index contributed by atoms with van der Waals surface area (Å²) < 4.78 is 17.8. The molecule has 0 amide bonds. The van der Waals surface area contributed by atoms with Gasteiger partial charge in [0.05, 0.1) is 12.7 Å². The monoisotopic (exact) mass is 501 g/mol. The number of esters is 1. The van der Waals surface area contributed by atoms with Crippen LogP contribution in [0.15, 0.2) is 71.1 Å². The Hall–Kier alpha value is -3.54. The Kier molecular flexibility index (Phi) is 7.63. The van der Waals surface area contributed by atoms with Crippen LogP contribution in [0.25, 0.3) is 0 Å². The Morgan fingerprint density at radius 3 is 2.51 bits per heavy atom. The van der Waals surface area contributed by atoms with E-state index >= 15 is 0 Å². The molecular weight excluding hydrogens is 466 g/mol. The topological polar surface area (TPSA) is 73.9 Å². The summed E-state index contributed by atoms with van der Waals surface area (Å²) in [7, 11) is 1.60. The molecule has 1 aliphatic heterocycles. The minimum Gasteiger partial charge on any atom is -0.493 e. The van der Waals surface area contributed by atoms with Gasteiger partial charge in [-0.2, -0.15) is 0 Å². The van der Waals surface area contributed by atoms with Gasteiger partial charge in [-0.25, -0.2) is 4.79 Å². The highest BCUT2D eigenvalue weighted by molar-refractivity contribution is 6.03. The van der Waals surface area contributed by atoms with E-state index in [-0.39, 0.29) is 17.9 Å². The maximum Gasteiger partial charge on any atom is 0.337 e. The molecule has 6 nitrogen and oxygen atoms in total. The lowest BCUT2D eigenvalue weighted by Crippen LogP contribution is -2.35. The third-order valence-electron chi connectivity index (χ3n) is 7.58. The van der Waals surface area contributed by atoms with E-state index < -0.39 is 5.92 Å². The second-order valence-corrected chi connectivity index (χ2v) is 10.1. The fourth-order valence-electron chi connectivity index (χ4n) is 5.70. The Balaban J connectivity index is 1.48. The summed E-state index contributed by atoms with van der Waals surface area (Å²) in [6.45, 7) is 2.32. The highest BCUT2D eigenvalue weighted by Crippen LogP contribution is 2.44. The first-order chi connectivity index (χ1) is 18.0. The molecule has 0 aromatic heterocycles. The van der Waals surface area contributed by atoms with Crippen LogP contribution >= 0.6 is 0 Å². The molecule has 0 spiro atoms. The first kappa shape index (κ1) is 25.1. The van der Waals surface area contributed by atoms with Crippen LogP contribution in [0.4, 0.5) is 0 Å². The number of carbonyl (C=O) groups is 2. The number of methoxy groups -OCH3 is 1. The van der Waals surface area contributed by atoms with Gasteiger partial charge < -0.3 is 19.5 Å². The summed E-state index contributed by atoms with van der Waals surface area (Å²) in [4.78, 5) is 26.8. The molecule has 5 rings (SSSR count). The van der Waals surface area contributed by atoms with Crippen molar-refractivity contribution in [2.75, 3.05) is 7.11 Å². The van der Waals surface area contributed by atoms with Crippen LogP contribution in [0.1, 0.15) is 75.3 Å². The molecule has 0 radical (unpaired) electrons. The van der Waals surface area contributed by atoms with Crippen molar-refractivity contribution in [3.05, 3.63) is 82.2 Å². The van der Waals surface area contributed by atoms with Crippen LogP contribution in [0.3, 0.4) is 0 Å². The van der Waals surface area contributed by atoms with Crippen LogP contribution in [0.2, 0.25) is 0 Å². The molecule has 1 fully saturated rings. The molecule has 194 valence electrons. The summed E-state index contributed by atoms with van der Waals surface area (Å²) in [5.74, 6) is 0.417. The van der Waals surface area contributed by atoms with E-state index in [1.165, 1.54) is 6.42 Å². The van der Waals surface area contributed by atoms with Crippen LogP contribution < -0.4 is 14.8 Å². The summed E-state index contributed by atoms with van der Waals surface area (Å²) in [5.41, 5.74) is 4.73. The minimum atomic E-state index is -0.503. The molecule has 0 bridgehead atoms. The number of ether oxygens (including phenoxy) is 3. The number of benzene rings is 2. The van der Waals surface area contributed by atoms with Gasteiger partial charge in [-0.3, -0.25) is 4.79 Å². The van der Waals surface area contributed by atoms with Gasteiger partial charge in [-0.05, 0) is 68.7 Å². The van der Waals surface area contributed by atoms with Crippen molar-refractivity contribution in [3.8, 4) is 11.5 Å². The van der Waals surface area contributed by atoms with E-state index in [2.05, 4.69) is 5.32 Å². The smallest absolute Gasteiger partial charge is 0.337 e. The van der Waals surface area contributed by atoms with E-state index in [9.17, 15) is 9.59 Å². The van der Waals surface area contributed by atoms with Gasteiger partial charge >= 0.3 is 5.97 Å². The zero-order chi connectivity index (χ0) is 25.8. The molecule has 1 saturated carbocycles. The Bertz CT molecular complexity index is 1220. The minimum absolute atomic E-state index is 0.0667. The molecule has 2 aliphatic carbocycles. The summed E-state index contributed by atoms with van der Waals surface area (Å²) in [6, 6.07) is 15.6. The highest BCUT2D eigenvalue weighted by atomic mass is 16.5.